The molecule has 0 saturated carbocycles. The van der Waals surface area contributed by atoms with Gasteiger partial charge >= 0.3 is 5.97 Å². The SMILES string of the molecule is [2H]C([2H])([2H])Oc1ccccc1C(=O)OC. The lowest BCUT2D eigenvalue weighted by Gasteiger charge is -2.04. The molecule has 0 unspecified atom stereocenters. The minimum Gasteiger partial charge on any atom is -0.496 e. The molecule has 1 rings (SSSR count). The second-order valence-electron chi connectivity index (χ2n) is 2.09. The molecule has 1 aromatic carbocycles. The topological polar surface area (TPSA) is 35.5 Å². The molecular weight excluding hydrogens is 156 g/mol. The molecule has 0 bridgehead atoms. The van der Waals surface area contributed by atoms with Crippen LogP contribution in [0.2, 0.25) is 0 Å². The molecule has 0 radical (unpaired) electrons. The molecule has 0 heterocycles. The van der Waals surface area contributed by atoms with E-state index in [1.807, 2.05) is 0 Å². The number of hydrogen-bond donors (Lipinski definition) is 0. The highest BCUT2D eigenvalue weighted by molar-refractivity contribution is 5.92. The summed E-state index contributed by atoms with van der Waals surface area (Å²) in [7, 11) is -1.36. The van der Waals surface area contributed by atoms with Gasteiger partial charge < -0.3 is 9.47 Å². The fourth-order valence-corrected chi connectivity index (χ4v) is 0.834. The van der Waals surface area contributed by atoms with Crippen LogP contribution in [-0.2, 0) is 4.74 Å². The van der Waals surface area contributed by atoms with E-state index in [2.05, 4.69) is 9.47 Å². The predicted octanol–water partition coefficient (Wildman–Crippen LogP) is 1.48. The molecule has 3 nitrogen and oxygen atoms in total. The van der Waals surface area contributed by atoms with Gasteiger partial charge in [0, 0.05) is 0 Å². The second-order valence-corrected chi connectivity index (χ2v) is 2.09. The number of carbonyl (C=O) groups excluding carboxylic acids is 1. The summed E-state index contributed by atoms with van der Waals surface area (Å²) in [6, 6.07) is 6.01. The molecule has 0 aromatic heterocycles. The predicted molar refractivity (Wildman–Crippen MR) is 44.3 cm³/mol. The summed E-state index contributed by atoms with van der Waals surface area (Å²) in [5, 5.41) is 0. The van der Waals surface area contributed by atoms with Crippen LogP contribution < -0.4 is 4.74 Å². The summed E-state index contributed by atoms with van der Waals surface area (Å²) in [5.74, 6) is -0.640. The van der Waals surface area contributed by atoms with Gasteiger partial charge in [0.25, 0.3) is 0 Å². The number of esters is 1. The first-order chi connectivity index (χ1) is 6.94. The van der Waals surface area contributed by atoms with Crippen molar-refractivity contribution < 1.29 is 18.4 Å². The van der Waals surface area contributed by atoms with E-state index in [0.717, 1.165) is 0 Å². The van der Waals surface area contributed by atoms with Gasteiger partial charge in [-0.1, -0.05) is 12.1 Å². The Morgan fingerprint density at radius 1 is 1.50 bits per heavy atom. The van der Waals surface area contributed by atoms with E-state index in [-0.39, 0.29) is 11.3 Å². The Bertz CT molecular complexity index is 360. The minimum atomic E-state index is -2.58. The molecule has 0 fully saturated rings. The Hall–Kier alpha value is -1.51. The van der Waals surface area contributed by atoms with Crippen molar-refractivity contribution >= 4 is 5.97 Å². The summed E-state index contributed by atoms with van der Waals surface area (Å²) in [6.45, 7) is 0. The molecule has 1 aromatic rings. The summed E-state index contributed by atoms with van der Waals surface area (Å²) in [5.41, 5.74) is 0.0936. The smallest absolute Gasteiger partial charge is 0.341 e. The molecule has 0 aliphatic heterocycles. The fourth-order valence-electron chi connectivity index (χ4n) is 0.834. The van der Waals surface area contributed by atoms with Crippen molar-refractivity contribution in [3.8, 4) is 5.75 Å². The molecule has 12 heavy (non-hydrogen) atoms. The van der Waals surface area contributed by atoms with Crippen molar-refractivity contribution in [3.63, 3.8) is 0 Å². The van der Waals surface area contributed by atoms with Gasteiger partial charge in [0.1, 0.15) is 11.3 Å². The van der Waals surface area contributed by atoms with E-state index in [0.29, 0.717) is 0 Å². The Kier molecular flexibility index (Phi) is 1.63. The number of rotatable bonds is 2. The first-order valence-corrected chi connectivity index (χ1v) is 3.30. The summed E-state index contributed by atoms with van der Waals surface area (Å²) in [4.78, 5) is 11.2. The highest BCUT2D eigenvalue weighted by Gasteiger charge is 2.10. The van der Waals surface area contributed by atoms with Crippen molar-refractivity contribution in [2.45, 2.75) is 0 Å². The monoisotopic (exact) mass is 169 g/mol. The van der Waals surface area contributed by atoms with Gasteiger partial charge in [-0.05, 0) is 12.1 Å². The second kappa shape index (κ2) is 3.76. The molecule has 0 spiro atoms. The molecule has 0 N–H and O–H groups in total. The number of carbonyl (C=O) groups is 1. The standard InChI is InChI=1S/C9H10O3/c1-11-8-6-4-3-5-7(8)9(10)12-2/h3-6H,1-2H3/i1D3. The van der Waals surface area contributed by atoms with Gasteiger partial charge in [0.05, 0.1) is 18.3 Å². The van der Waals surface area contributed by atoms with Crippen LogP contribution in [0.3, 0.4) is 0 Å². The van der Waals surface area contributed by atoms with E-state index in [9.17, 15) is 4.79 Å². The summed E-state index contributed by atoms with van der Waals surface area (Å²) in [6.07, 6.45) is 0. The number of benzene rings is 1. The van der Waals surface area contributed by atoms with Gasteiger partial charge in [-0.15, -0.1) is 0 Å². The zero-order chi connectivity index (χ0) is 11.5. The average molecular weight is 169 g/mol. The summed E-state index contributed by atoms with van der Waals surface area (Å²) >= 11 is 0. The van der Waals surface area contributed by atoms with Gasteiger partial charge in [0.2, 0.25) is 0 Å². The summed E-state index contributed by atoms with van der Waals surface area (Å²) < 4.78 is 29.9. The molecule has 64 valence electrons. The van der Waals surface area contributed by atoms with Crippen LogP contribution in [-0.4, -0.2) is 20.1 Å². The van der Waals surface area contributed by atoms with Crippen LogP contribution in [0.4, 0.5) is 0 Å². The van der Waals surface area contributed by atoms with Gasteiger partial charge in [-0.3, -0.25) is 0 Å². The lowest BCUT2D eigenvalue weighted by molar-refractivity contribution is 0.0597. The molecule has 0 amide bonds. The van der Waals surface area contributed by atoms with Crippen molar-refractivity contribution in [2.75, 3.05) is 14.1 Å². The van der Waals surface area contributed by atoms with Gasteiger partial charge in [-0.2, -0.15) is 0 Å². The van der Waals surface area contributed by atoms with Gasteiger partial charge in [-0.25, -0.2) is 4.79 Å². The van der Waals surface area contributed by atoms with Crippen LogP contribution in [0.25, 0.3) is 0 Å². The third-order valence-corrected chi connectivity index (χ3v) is 1.40. The first-order valence-electron chi connectivity index (χ1n) is 4.80. The average Bonchev–Trinajstić information content (AvgIpc) is 2.15. The fraction of sp³-hybridized carbons (Fsp3) is 0.222. The lowest BCUT2D eigenvalue weighted by Crippen LogP contribution is -2.03. The van der Waals surface area contributed by atoms with Crippen LogP contribution in [0.5, 0.6) is 5.75 Å². The molecule has 0 aliphatic carbocycles. The van der Waals surface area contributed by atoms with Crippen molar-refractivity contribution in [2.24, 2.45) is 0 Å². The quantitative estimate of drug-likeness (QED) is 0.629. The zero-order valence-electron chi connectivity index (χ0n) is 9.53. The number of methoxy groups -OCH3 is 2. The third kappa shape index (κ3) is 1.56. The van der Waals surface area contributed by atoms with E-state index in [4.69, 9.17) is 4.11 Å². The lowest BCUT2D eigenvalue weighted by atomic mass is 10.2. The van der Waals surface area contributed by atoms with Crippen molar-refractivity contribution in [1.29, 1.82) is 0 Å². The minimum absolute atomic E-state index is 0.00986. The number of hydrogen-bond acceptors (Lipinski definition) is 3. The molecule has 0 atom stereocenters. The Balaban J connectivity index is 3.02. The largest absolute Gasteiger partial charge is 0.496 e. The Morgan fingerprint density at radius 2 is 2.25 bits per heavy atom. The van der Waals surface area contributed by atoms with Crippen LogP contribution in [0.1, 0.15) is 14.5 Å². The first kappa shape index (κ1) is 5.19. The Morgan fingerprint density at radius 3 is 2.92 bits per heavy atom. The third-order valence-electron chi connectivity index (χ3n) is 1.40. The number of para-hydroxylation sites is 1. The highest BCUT2D eigenvalue weighted by atomic mass is 16.5. The van der Waals surface area contributed by atoms with Crippen LogP contribution in [0, 0.1) is 0 Å². The van der Waals surface area contributed by atoms with Crippen molar-refractivity contribution in [1.82, 2.24) is 0 Å². The highest BCUT2D eigenvalue weighted by Crippen LogP contribution is 2.17. The molecule has 0 saturated heterocycles. The maximum atomic E-state index is 11.2. The van der Waals surface area contributed by atoms with E-state index in [1.165, 1.54) is 19.2 Å². The Labute approximate surface area is 75.1 Å². The number of ether oxygens (including phenoxy) is 2. The van der Waals surface area contributed by atoms with Crippen molar-refractivity contribution in [3.05, 3.63) is 29.8 Å². The molecular formula is C9H10O3. The zero-order valence-corrected chi connectivity index (χ0v) is 6.53. The van der Waals surface area contributed by atoms with E-state index < -0.39 is 13.0 Å². The normalized spacial score (nSPS) is 13.9. The van der Waals surface area contributed by atoms with Crippen LogP contribution >= 0.6 is 0 Å². The molecule has 0 aliphatic rings. The van der Waals surface area contributed by atoms with Gasteiger partial charge in [0.15, 0.2) is 0 Å². The van der Waals surface area contributed by atoms with E-state index >= 15 is 0 Å². The maximum Gasteiger partial charge on any atom is 0.341 e. The van der Waals surface area contributed by atoms with Crippen LogP contribution in [0.15, 0.2) is 24.3 Å². The maximum absolute atomic E-state index is 11.2. The van der Waals surface area contributed by atoms with E-state index in [1.54, 1.807) is 12.1 Å². The molecule has 3 heteroatoms.